The molecule has 8 heteroatoms. The van der Waals surface area contributed by atoms with Gasteiger partial charge >= 0.3 is 6.03 Å². The second-order valence-corrected chi connectivity index (χ2v) is 6.34. The molecule has 2 aliphatic heterocycles. The molecule has 2 fully saturated rings. The van der Waals surface area contributed by atoms with Gasteiger partial charge in [-0.1, -0.05) is 11.6 Å². The van der Waals surface area contributed by atoms with Crippen molar-refractivity contribution in [3.05, 3.63) is 28.8 Å². The van der Waals surface area contributed by atoms with E-state index in [1.54, 1.807) is 23.1 Å². The van der Waals surface area contributed by atoms with Crippen molar-refractivity contribution < 1.29 is 14.4 Å². The first kappa shape index (κ1) is 16.6. The zero-order valence-corrected chi connectivity index (χ0v) is 14.1. The Kier molecular flexibility index (Phi) is 4.62. The van der Waals surface area contributed by atoms with Gasteiger partial charge < -0.3 is 20.4 Å². The number of carbonyl (C=O) groups excluding carboxylic acids is 3. The van der Waals surface area contributed by atoms with E-state index in [9.17, 15) is 14.4 Å². The summed E-state index contributed by atoms with van der Waals surface area (Å²) < 4.78 is 0. The number of nitrogens with zero attached hydrogens (tertiary/aromatic N) is 2. The van der Waals surface area contributed by atoms with Crippen molar-refractivity contribution in [3.8, 4) is 0 Å². The van der Waals surface area contributed by atoms with Gasteiger partial charge in [-0.15, -0.1) is 0 Å². The summed E-state index contributed by atoms with van der Waals surface area (Å²) in [7, 11) is 1.53. The topological polar surface area (TPSA) is 81.8 Å². The van der Waals surface area contributed by atoms with Crippen LogP contribution in [0.3, 0.4) is 0 Å². The Labute approximate surface area is 144 Å². The molecule has 0 radical (unpaired) electrons. The quantitative estimate of drug-likeness (QED) is 0.848. The Bertz CT molecular complexity index is 694. The second-order valence-electron chi connectivity index (χ2n) is 5.93. The molecule has 7 nitrogen and oxygen atoms in total. The molecular formula is C16H19ClN4O3. The molecule has 2 aliphatic rings. The van der Waals surface area contributed by atoms with Crippen molar-refractivity contribution in [2.75, 3.05) is 32.0 Å². The number of halogens is 1. The monoisotopic (exact) mass is 350 g/mol. The maximum atomic E-state index is 12.4. The minimum atomic E-state index is -0.278. The van der Waals surface area contributed by atoms with E-state index < -0.39 is 0 Å². The Balaban J connectivity index is 1.64. The molecule has 1 aromatic rings. The van der Waals surface area contributed by atoms with Gasteiger partial charge in [0, 0.05) is 44.8 Å². The molecule has 0 bridgehead atoms. The third-order valence-corrected chi connectivity index (χ3v) is 4.79. The molecule has 2 heterocycles. The number of fused-ring (bicyclic) bond motifs is 1. The highest BCUT2D eigenvalue weighted by Gasteiger charge is 2.36. The van der Waals surface area contributed by atoms with E-state index >= 15 is 0 Å². The Hall–Kier alpha value is -2.28. The number of anilines is 1. The van der Waals surface area contributed by atoms with E-state index in [0.29, 0.717) is 37.3 Å². The van der Waals surface area contributed by atoms with Crippen LogP contribution in [0.4, 0.5) is 10.5 Å². The van der Waals surface area contributed by atoms with E-state index in [-0.39, 0.29) is 28.9 Å². The number of carbonyl (C=O) groups is 3. The van der Waals surface area contributed by atoms with Gasteiger partial charge in [0.15, 0.2) is 0 Å². The van der Waals surface area contributed by atoms with Crippen LogP contribution in [0.2, 0.25) is 5.02 Å². The molecule has 24 heavy (non-hydrogen) atoms. The van der Waals surface area contributed by atoms with Gasteiger partial charge in [-0.05, 0) is 24.6 Å². The average Bonchev–Trinajstić information content (AvgIpc) is 2.95. The zero-order chi connectivity index (χ0) is 17.3. The van der Waals surface area contributed by atoms with Gasteiger partial charge in [-0.2, -0.15) is 0 Å². The lowest BCUT2D eigenvalue weighted by molar-refractivity contribution is -0.130. The first-order valence-electron chi connectivity index (χ1n) is 7.86. The number of nitrogens with one attached hydrogen (secondary N) is 2. The van der Waals surface area contributed by atoms with E-state index in [2.05, 4.69) is 10.6 Å². The molecule has 3 rings (SSSR count). The Morgan fingerprint density at radius 2 is 2.08 bits per heavy atom. The number of urea groups is 1. The van der Waals surface area contributed by atoms with E-state index in [1.165, 1.54) is 7.05 Å². The van der Waals surface area contributed by atoms with Crippen LogP contribution in [-0.4, -0.2) is 60.4 Å². The lowest BCUT2D eigenvalue weighted by Gasteiger charge is -2.37. The van der Waals surface area contributed by atoms with Crippen molar-refractivity contribution in [1.82, 2.24) is 15.1 Å². The molecule has 4 amide bonds. The third-order valence-electron chi connectivity index (χ3n) is 4.47. The number of rotatable bonds is 2. The minimum absolute atomic E-state index is 0.121. The van der Waals surface area contributed by atoms with Crippen LogP contribution >= 0.6 is 11.6 Å². The lowest BCUT2D eigenvalue weighted by atomic mass is 10.1. The summed E-state index contributed by atoms with van der Waals surface area (Å²) in [5.74, 6) is -0.100. The Morgan fingerprint density at radius 3 is 2.79 bits per heavy atom. The van der Waals surface area contributed by atoms with Crippen molar-refractivity contribution in [2.24, 2.45) is 0 Å². The third kappa shape index (κ3) is 3.17. The molecule has 1 unspecified atom stereocenters. The van der Waals surface area contributed by atoms with E-state index in [4.69, 9.17) is 11.6 Å². The van der Waals surface area contributed by atoms with Crippen molar-refractivity contribution in [1.29, 1.82) is 0 Å². The van der Waals surface area contributed by atoms with E-state index in [0.717, 1.165) is 6.42 Å². The molecular weight excluding hydrogens is 332 g/mol. The highest BCUT2D eigenvalue weighted by atomic mass is 35.5. The summed E-state index contributed by atoms with van der Waals surface area (Å²) in [5, 5.41) is 5.58. The second kappa shape index (κ2) is 6.68. The predicted octanol–water partition coefficient (Wildman–Crippen LogP) is 1.54. The summed E-state index contributed by atoms with van der Waals surface area (Å²) in [5.41, 5.74) is 0.887. The molecule has 0 aromatic heterocycles. The molecule has 0 saturated carbocycles. The number of amides is 4. The number of piperazine rings is 1. The smallest absolute Gasteiger partial charge is 0.321 e. The van der Waals surface area contributed by atoms with Crippen molar-refractivity contribution >= 4 is 35.1 Å². The van der Waals surface area contributed by atoms with Crippen LogP contribution < -0.4 is 10.6 Å². The lowest BCUT2D eigenvalue weighted by Crippen LogP contribution is -2.54. The van der Waals surface area contributed by atoms with Crippen LogP contribution in [0.1, 0.15) is 23.2 Å². The van der Waals surface area contributed by atoms with Gasteiger partial charge in [0.05, 0.1) is 10.6 Å². The van der Waals surface area contributed by atoms with Crippen LogP contribution in [0.25, 0.3) is 0 Å². The summed E-state index contributed by atoms with van der Waals surface area (Å²) in [4.78, 5) is 39.3. The molecule has 1 atom stereocenters. The molecule has 2 N–H and O–H groups in total. The maximum Gasteiger partial charge on any atom is 0.321 e. The molecule has 128 valence electrons. The minimum Gasteiger partial charge on any atom is -0.355 e. The SMILES string of the molecule is CNC(=O)c1ccc(NC(=O)N2CCN3C(=O)CCC3C2)cc1Cl. The first-order valence-corrected chi connectivity index (χ1v) is 8.24. The van der Waals surface area contributed by atoms with Gasteiger partial charge in [0.2, 0.25) is 5.91 Å². The highest BCUT2D eigenvalue weighted by molar-refractivity contribution is 6.34. The summed E-state index contributed by atoms with van der Waals surface area (Å²) in [6, 6.07) is 4.67. The summed E-state index contributed by atoms with van der Waals surface area (Å²) in [6.45, 7) is 1.63. The first-order chi connectivity index (χ1) is 11.5. The average molecular weight is 351 g/mol. The standard InChI is InChI=1S/C16H19ClN4O3/c1-18-15(23)12-4-2-10(8-13(12)17)19-16(24)20-6-7-21-11(9-20)3-5-14(21)22/h2,4,8,11H,3,5-7,9H2,1H3,(H,18,23)(H,19,24). The van der Waals surface area contributed by atoms with Crippen LogP contribution in [-0.2, 0) is 4.79 Å². The van der Waals surface area contributed by atoms with E-state index in [1.807, 2.05) is 4.90 Å². The van der Waals surface area contributed by atoms with Crippen LogP contribution in [0, 0.1) is 0 Å². The van der Waals surface area contributed by atoms with Crippen molar-refractivity contribution in [2.45, 2.75) is 18.9 Å². The Morgan fingerprint density at radius 1 is 1.29 bits per heavy atom. The molecule has 2 saturated heterocycles. The zero-order valence-electron chi connectivity index (χ0n) is 13.3. The van der Waals surface area contributed by atoms with Crippen LogP contribution in [0.5, 0.6) is 0 Å². The largest absolute Gasteiger partial charge is 0.355 e. The van der Waals surface area contributed by atoms with Gasteiger partial charge in [0.1, 0.15) is 0 Å². The van der Waals surface area contributed by atoms with Crippen LogP contribution in [0.15, 0.2) is 18.2 Å². The van der Waals surface area contributed by atoms with Crippen molar-refractivity contribution in [3.63, 3.8) is 0 Å². The fourth-order valence-electron chi connectivity index (χ4n) is 3.16. The van der Waals surface area contributed by atoms with Gasteiger partial charge in [-0.3, -0.25) is 9.59 Å². The normalized spacial score (nSPS) is 19.9. The number of benzene rings is 1. The van der Waals surface area contributed by atoms with Gasteiger partial charge in [0.25, 0.3) is 5.91 Å². The highest BCUT2D eigenvalue weighted by Crippen LogP contribution is 2.24. The number of hydrogen-bond donors (Lipinski definition) is 2. The molecule has 0 aliphatic carbocycles. The summed E-state index contributed by atoms with van der Waals surface area (Å²) in [6.07, 6.45) is 1.37. The summed E-state index contributed by atoms with van der Waals surface area (Å²) >= 11 is 6.09. The van der Waals surface area contributed by atoms with Gasteiger partial charge in [-0.25, -0.2) is 4.79 Å². The number of hydrogen-bond acceptors (Lipinski definition) is 3. The fourth-order valence-corrected chi connectivity index (χ4v) is 3.43. The predicted molar refractivity (Wildman–Crippen MR) is 90.2 cm³/mol. The fraction of sp³-hybridized carbons (Fsp3) is 0.438. The molecule has 1 aromatic carbocycles. The molecule has 0 spiro atoms. The maximum absolute atomic E-state index is 12.4.